The smallest absolute Gasteiger partial charge is 0.138 e. The molecule has 0 N–H and O–H groups in total. The van der Waals surface area contributed by atoms with Gasteiger partial charge in [-0.2, -0.15) is 0 Å². The highest BCUT2D eigenvalue weighted by Gasteiger charge is 2.38. The van der Waals surface area contributed by atoms with E-state index in [4.69, 9.17) is 9.47 Å². The average Bonchev–Trinajstić information content (AvgIpc) is 3.48. The second-order valence-corrected chi connectivity index (χ2v) is 6.67. The molecule has 1 fully saturated rings. The van der Waals surface area contributed by atoms with Crippen LogP contribution in [0.4, 0.5) is 0 Å². The topological polar surface area (TPSA) is 44.2 Å². The number of pyridine rings is 2. The molecule has 132 valence electrons. The molecule has 1 saturated carbocycles. The molecule has 2 heterocycles. The second-order valence-electron chi connectivity index (χ2n) is 6.67. The van der Waals surface area contributed by atoms with Gasteiger partial charge in [-0.1, -0.05) is 36.4 Å². The third kappa shape index (κ3) is 4.46. The number of aromatic nitrogens is 2. The number of rotatable bonds is 8. The van der Waals surface area contributed by atoms with E-state index in [2.05, 4.69) is 28.2 Å². The van der Waals surface area contributed by atoms with Gasteiger partial charge in [0, 0.05) is 12.4 Å². The number of nitrogens with zero attached hydrogens (tertiary/aromatic N) is 2. The van der Waals surface area contributed by atoms with Crippen molar-refractivity contribution in [3.05, 3.63) is 90.0 Å². The van der Waals surface area contributed by atoms with Gasteiger partial charge in [-0.3, -0.25) is 9.97 Å². The fourth-order valence-corrected chi connectivity index (χ4v) is 3.10. The number of hydrogen-bond donors (Lipinski definition) is 0. The van der Waals surface area contributed by atoms with Gasteiger partial charge in [0.25, 0.3) is 0 Å². The van der Waals surface area contributed by atoms with Crippen molar-refractivity contribution in [1.29, 1.82) is 0 Å². The van der Waals surface area contributed by atoms with E-state index in [9.17, 15) is 0 Å². The summed E-state index contributed by atoms with van der Waals surface area (Å²) in [6.45, 7) is 1.89. The van der Waals surface area contributed by atoms with E-state index in [-0.39, 0.29) is 0 Å². The predicted octanol–water partition coefficient (Wildman–Crippen LogP) is 4.38. The van der Waals surface area contributed by atoms with Crippen molar-refractivity contribution in [2.45, 2.75) is 25.6 Å². The van der Waals surface area contributed by atoms with Gasteiger partial charge in [0.15, 0.2) is 0 Å². The molecule has 0 bridgehead atoms. The van der Waals surface area contributed by atoms with E-state index < -0.39 is 0 Å². The fraction of sp³-hybridized carbons (Fsp3) is 0.273. The Kier molecular flexibility index (Phi) is 5.22. The molecule has 0 spiro atoms. The Labute approximate surface area is 153 Å². The van der Waals surface area contributed by atoms with Crippen LogP contribution in [0.15, 0.2) is 73.2 Å². The Hall–Kier alpha value is -2.72. The molecule has 4 nitrogen and oxygen atoms in total. The summed E-state index contributed by atoms with van der Waals surface area (Å²) >= 11 is 0. The van der Waals surface area contributed by atoms with Crippen LogP contribution in [0.5, 0.6) is 5.75 Å². The zero-order chi connectivity index (χ0) is 17.6. The van der Waals surface area contributed by atoms with E-state index >= 15 is 0 Å². The highest BCUT2D eigenvalue weighted by Crippen LogP contribution is 2.47. The predicted molar refractivity (Wildman–Crippen MR) is 99.8 cm³/mol. The van der Waals surface area contributed by atoms with Crippen LogP contribution in [0, 0.1) is 5.92 Å². The fourth-order valence-electron chi connectivity index (χ4n) is 3.10. The maximum atomic E-state index is 5.88. The van der Waals surface area contributed by atoms with Gasteiger partial charge in [-0.05, 0) is 47.6 Å². The summed E-state index contributed by atoms with van der Waals surface area (Å²) in [4.78, 5) is 8.62. The van der Waals surface area contributed by atoms with Crippen molar-refractivity contribution in [1.82, 2.24) is 9.97 Å². The van der Waals surface area contributed by atoms with Crippen LogP contribution in [-0.2, 0) is 18.0 Å². The quantitative estimate of drug-likeness (QED) is 0.607. The first-order valence-electron chi connectivity index (χ1n) is 8.98. The van der Waals surface area contributed by atoms with Crippen LogP contribution >= 0.6 is 0 Å². The summed E-state index contributed by atoms with van der Waals surface area (Å²) in [7, 11) is 0. The Morgan fingerprint density at radius 2 is 1.85 bits per heavy atom. The lowest BCUT2D eigenvalue weighted by molar-refractivity contribution is 0.107. The van der Waals surface area contributed by atoms with Crippen molar-refractivity contribution in [2.75, 3.05) is 6.61 Å². The number of hydrogen-bond acceptors (Lipinski definition) is 4. The lowest BCUT2D eigenvalue weighted by atomic mass is 10.1. The van der Waals surface area contributed by atoms with Crippen LogP contribution in [0.25, 0.3) is 0 Å². The minimum Gasteiger partial charge on any atom is -0.487 e. The van der Waals surface area contributed by atoms with Gasteiger partial charge in [0.05, 0.1) is 25.1 Å². The zero-order valence-electron chi connectivity index (χ0n) is 14.6. The van der Waals surface area contributed by atoms with E-state index in [1.54, 1.807) is 12.4 Å². The summed E-state index contributed by atoms with van der Waals surface area (Å²) in [5, 5.41) is 0. The van der Waals surface area contributed by atoms with Crippen molar-refractivity contribution < 1.29 is 9.47 Å². The molecule has 0 amide bonds. The first kappa shape index (κ1) is 16.7. The molecule has 3 aromatic rings. The molecule has 4 rings (SSSR count). The lowest BCUT2D eigenvalue weighted by Gasteiger charge is -2.08. The first-order chi connectivity index (χ1) is 12.9. The summed E-state index contributed by atoms with van der Waals surface area (Å²) in [6, 6.07) is 18.2. The van der Waals surface area contributed by atoms with Gasteiger partial charge in [0.1, 0.15) is 12.4 Å². The van der Waals surface area contributed by atoms with E-state index in [0.29, 0.717) is 25.0 Å². The maximum absolute atomic E-state index is 5.88. The molecule has 1 aliphatic rings. The SMILES string of the molecule is c1ccc(COc2cncc([C@H]3C[C@@H]3COCc3ccccn3)c2)cc1. The molecule has 2 aromatic heterocycles. The van der Waals surface area contributed by atoms with Crippen molar-refractivity contribution >= 4 is 0 Å². The standard InChI is InChI=1S/C22H22N2O2/c1-2-6-17(7-3-1)14-26-21-10-18(12-23-13-21)22-11-19(22)15-25-16-20-8-4-5-9-24-20/h1-10,12-13,19,22H,11,14-16H2/t19-,22-/m1/s1. The molecule has 0 radical (unpaired) electrons. The van der Waals surface area contributed by atoms with Crippen LogP contribution in [0.1, 0.15) is 29.2 Å². The summed E-state index contributed by atoms with van der Waals surface area (Å²) in [6.07, 6.45) is 6.66. The van der Waals surface area contributed by atoms with Gasteiger partial charge < -0.3 is 9.47 Å². The Balaban J connectivity index is 1.26. The average molecular weight is 346 g/mol. The normalized spacial score (nSPS) is 18.5. The molecule has 1 aliphatic carbocycles. The second kappa shape index (κ2) is 8.11. The number of benzene rings is 1. The van der Waals surface area contributed by atoms with Gasteiger partial charge in [-0.15, -0.1) is 0 Å². The van der Waals surface area contributed by atoms with Crippen molar-refractivity contribution in [2.24, 2.45) is 5.92 Å². The van der Waals surface area contributed by atoms with E-state index in [1.807, 2.05) is 42.6 Å². The van der Waals surface area contributed by atoms with Crippen LogP contribution < -0.4 is 4.74 Å². The van der Waals surface area contributed by atoms with E-state index in [1.165, 1.54) is 5.56 Å². The van der Waals surface area contributed by atoms with Crippen molar-refractivity contribution in [3.63, 3.8) is 0 Å². The summed E-state index contributed by atoms with van der Waals surface area (Å²) in [5.41, 5.74) is 3.37. The highest BCUT2D eigenvalue weighted by molar-refractivity contribution is 5.30. The molecular formula is C22H22N2O2. The minimum atomic E-state index is 0.520. The minimum absolute atomic E-state index is 0.520. The van der Waals surface area contributed by atoms with Gasteiger partial charge in [-0.25, -0.2) is 0 Å². The summed E-state index contributed by atoms with van der Waals surface area (Å²) in [5.74, 6) is 1.91. The highest BCUT2D eigenvalue weighted by atomic mass is 16.5. The third-order valence-electron chi connectivity index (χ3n) is 4.64. The van der Waals surface area contributed by atoms with Crippen LogP contribution in [0.2, 0.25) is 0 Å². The number of ether oxygens (including phenoxy) is 2. The molecule has 1 aromatic carbocycles. The third-order valence-corrected chi connectivity index (χ3v) is 4.64. The summed E-state index contributed by atoms with van der Waals surface area (Å²) < 4.78 is 11.7. The molecule has 2 atom stereocenters. The monoisotopic (exact) mass is 346 g/mol. The van der Waals surface area contributed by atoms with Crippen molar-refractivity contribution in [3.8, 4) is 5.75 Å². The molecule has 0 unspecified atom stereocenters. The Morgan fingerprint density at radius 1 is 0.962 bits per heavy atom. The molecule has 0 aliphatic heterocycles. The Morgan fingerprint density at radius 3 is 2.69 bits per heavy atom. The van der Waals surface area contributed by atoms with Crippen LogP contribution in [-0.4, -0.2) is 16.6 Å². The first-order valence-corrected chi connectivity index (χ1v) is 8.98. The lowest BCUT2D eigenvalue weighted by Crippen LogP contribution is -2.00. The Bertz CT molecular complexity index is 824. The maximum Gasteiger partial charge on any atom is 0.138 e. The largest absolute Gasteiger partial charge is 0.487 e. The van der Waals surface area contributed by atoms with Gasteiger partial charge in [0.2, 0.25) is 0 Å². The zero-order valence-corrected chi connectivity index (χ0v) is 14.6. The van der Waals surface area contributed by atoms with E-state index in [0.717, 1.165) is 30.0 Å². The van der Waals surface area contributed by atoms with Gasteiger partial charge >= 0.3 is 0 Å². The molecule has 4 heteroatoms. The molecule has 0 saturated heterocycles. The molecule has 26 heavy (non-hydrogen) atoms. The van der Waals surface area contributed by atoms with Crippen LogP contribution in [0.3, 0.4) is 0 Å². The molecular weight excluding hydrogens is 324 g/mol.